The minimum Gasteiger partial charge on any atom is -0.369 e. The van der Waals surface area contributed by atoms with Crippen LogP contribution in [-0.2, 0) is 19.4 Å². The first-order valence-corrected chi connectivity index (χ1v) is 11.0. The zero-order valence-corrected chi connectivity index (χ0v) is 17.8. The molecule has 3 aromatic rings. The molecule has 7 nitrogen and oxygen atoms in total. The third kappa shape index (κ3) is 3.93. The van der Waals surface area contributed by atoms with Crippen LogP contribution in [0.3, 0.4) is 0 Å². The molecule has 4 heterocycles. The van der Waals surface area contributed by atoms with Crippen molar-refractivity contribution in [1.82, 2.24) is 20.2 Å². The second-order valence-corrected chi connectivity index (χ2v) is 8.36. The molecule has 7 heteroatoms. The number of pyridine rings is 2. The van der Waals surface area contributed by atoms with Crippen molar-refractivity contribution in [2.75, 3.05) is 37.6 Å². The number of carbonyl (C=O) groups excluding carboxylic acids is 1. The number of piperazine rings is 1. The van der Waals surface area contributed by atoms with Crippen LogP contribution in [0.25, 0.3) is 11.0 Å². The Morgan fingerprint density at radius 2 is 1.90 bits per heavy atom. The van der Waals surface area contributed by atoms with Gasteiger partial charge in [0.2, 0.25) is 0 Å². The number of amides is 1. The number of nitrogens with zero attached hydrogens (tertiary/aromatic N) is 3. The van der Waals surface area contributed by atoms with Gasteiger partial charge in [-0.1, -0.05) is 6.92 Å². The molecule has 31 heavy (non-hydrogen) atoms. The van der Waals surface area contributed by atoms with Crippen molar-refractivity contribution in [3.05, 3.63) is 69.1 Å². The molecule has 1 amide bonds. The molecule has 0 aliphatic carbocycles. The summed E-state index contributed by atoms with van der Waals surface area (Å²) in [6, 6.07) is 10.1. The molecule has 0 bridgehead atoms. The number of carbonyl (C=O) groups is 1. The Morgan fingerprint density at radius 3 is 2.71 bits per heavy atom. The number of anilines is 1. The normalized spacial score (nSPS) is 16.9. The molecule has 0 saturated carbocycles. The molecule has 2 aliphatic rings. The summed E-state index contributed by atoms with van der Waals surface area (Å²) in [5.74, 6) is 0.0360. The number of aryl methyl sites for hydroxylation is 1. The Labute approximate surface area is 181 Å². The van der Waals surface area contributed by atoms with Gasteiger partial charge in [-0.05, 0) is 54.3 Å². The first-order chi connectivity index (χ1) is 15.1. The summed E-state index contributed by atoms with van der Waals surface area (Å²) in [6.07, 6.45) is 3.52. The fourth-order valence-electron chi connectivity index (χ4n) is 4.55. The van der Waals surface area contributed by atoms with Crippen LogP contribution >= 0.6 is 0 Å². The quantitative estimate of drug-likeness (QED) is 0.680. The molecule has 1 aromatic carbocycles. The third-order valence-electron chi connectivity index (χ3n) is 6.36. The molecule has 2 aliphatic heterocycles. The highest BCUT2D eigenvalue weighted by molar-refractivity contribution is 5.97. The van der Waals surface area contributed by atoms with E-state index in [-0.39, 0.29) is 11.5 Å². The number of rotatable bonds is 4. The van der Waals surface area contributed by atoms with Crippen molar-refractivity contribution in [3.8, 4) is 0 Å². The molecular formula is C24H27N5O2. The highest BCUT2D eigenvalue weighted by atomic mass is 16.1. The third-order valence-corrected chi connectivity index (χ3v) is 6.36. The molecule has 160 valence electrons. The van der Waals surface area contributed by atoms with E-state index in [2.05, 4.69) is 37.2 Å². The highest BCUT2D eigenvalue weighted by Gasteiger charge is 2.21. The number of benzene rings is 1. The molecular weight excluding hydrogens is 390 g/mol. The van der Waals surface area contributed by atoms with E-state index in [0.717, 1.165) is 72.4 Å². The summed E-state index contributed by atoms with van der Waals surface area (Å²) in [5.41, 5.74) is 6.65. The van der Waals surface area contributed by atoms with Gasteiger partial charge in [0, 0.05) is 62.3 Å². The van der Waals surface area contributed by atoms with E-state index in [9.17, 15) is 9.59 Å². The highest BCUT2D eigenvalue weighted by Crippen LogP contribution is 2.24. The van der Waals surface area contributed by atoms with Crippen LogP contribution in [-0.4, -0.2) is 53.5 Å². The lowest BCUT2D eigenvalue weighted by molar-refractivity contribution is 0.0946. The van der Waals surface area contributed by atoms with Crippen molar-refractivity contribution >= 4 is 22.6 Å². The molecule has 0 atom stereocenters. The monoisotopic (exact) mass is 417 g/mol. The van der Waals surface area contributed by atoms with Crippen LogP contribution in [0.15, 0.2) is 41.3 Å². The molecule has 5 rings (SSSR count). The maximum absolute atomic E-state index is 12.1. The summed E-state index contributed by atoms with van der Waals surface area (Å²) >= 11 is 0. The Balaban J connectivity index is 1.25. The second kappa shape index (κ2) is 8.15. The van der Waals surface area contributed by atoms with Crippen LogP contribution in [0.1, 0.15) is 34.0 Å². The number of nitrogens with one attached hydrogen (secondary N) is 2. The van der Waals surface area contributed by atoms with Crippen molar-refractivity contribution in [3.63, 3.8) is 0 Å². The molecule has 0 unspecified atom stereocenters. The van der Waals surface area contributed by atoms with Gasteiger partial charge in [0.15, 0.2) is 0 Å². The van der Waals surface area contributed by atoms with E-state index in [1.165, 1.54) is 5.69 Å². The lowest BCUT2D eigenvalue weighted by Gasteiger charge is -2.36. The fraction of sp³-hybridized carbons (Fsp3) is 0.375. The van der Waals surface area contributed by atoms with Gasteiger partial charge >= 0.3 is 0 Å². The Bertz CT molecular complexity index is 1190. The molecule has 0 spiro atoms. The molecule has 2 aromatic heterocycles. The van der Waals surface area contributed by atoms with Gasteiger partial charge in [-0.25, -0.2) is 0 Å². The lowest BCUT2D eigenvalue weighted by atomic mass is 9.99. The van der Waals surface area contributed by atoms with Gasteiger partial charge < -0.3 is 15.2 Å². The molecule has 1 saturated heterocycles. The van der Waals surface area contributed by atoms with Crippen molar-refractivity contribution < 1.29 is 4.79 Å². The van der Waals surface area contributed by atoms with Gasteiger partial charge in [-0.3, -0.25) is 19.5 Å². The number of aromatic amines is 1. The first kappa shape index (κ1) is 19.8. The standard InChI is InChI=1S/C24H27N5O2/c1-2-17-13-21-22(27-23(17)30)11-16(14-26-21)15-28-7-9-29(10-8-28)19-3-4-20-18(12-19)5-6-25-24(20)31/h3-4,11-14H,2,5-10,15H2,1H3,(H,25,31)(H,27,30). The predicted molar refractivity (Wildman–Crippen MR) is 122 cm³/mol. The van der Waals surface area contributed by atoms with Crippen LogP contribution in [0, 0.1) is 0 Å². The Kier molecular flexibility index (Phi) is 5.19. The smallest absolute Gasteiger partial charge is 0.251 e. The zero-order chi connectivity index (χ0) is 21.4. The van der Waals surface area contributed by atoms with Crippen LogP contribution in [0.5, 0.6) is 0 Å². The van der Waals surface area contributed by atoms with E-state index in [0.29, 0.717) is 13.0 Å². The number of aromatic nitrogens is 2. The van der Waals surface area contributed by atoms with E-state index in [4.69, 9.17) is 0 Å². The molecule has 0 radical (unpaired) electrons. The zero-order valence-electron chi connectivity index (χ0n) is 17.8. The number of hydrogen-bond acceptors (Lipinski definition) is 5. The van der Waals surface area contributed by atoms with E-state index in [1.54, 1.807) is 0 Å². The van der Waals surface area contributed by atoms with Crippen LogP contribution < -0.4 is 15.8 Å². The topological polar surface area (TPSA) is 81.3 Å². The Hall–Kier alpha value is -3.19. The van der Waals surface area contributed by atoms with Crippen LogP contribution in [0.4, 0.5) is 5.69 Å². The average Bonchev–Trinajstić information content (AvgIpc) is 2.79. The maximum atomic E-state index is 12.1. The van der Waals surface area contributed by atoms with Gasteiger partial charge in [-0.15, -0.1) is 0 Å². The predicted octanol–water partition coefficient (Wildman–Crippen LogP) is 2.09. The first-order valence-electron chi connectivity index (χ1n) is 11.0. The summed E-state index contributed by atoms with van der Waals surface area (Å²) in [6.45, 7) is 7.32. The molecule has 1 fully saturated rings. The van der Waals surface area contributed by atoms with Crippen molar-refractivity contribution in [2.45, 2.75) is 26.3 Å². The summed E-state index contributed by atoms with van der Waals surface area (Å²) < 4.78 is 0. The van der Waals surface area contributed by atoms with E-state index >= 15 is 0 Å². The summed E-state index contributed by atoms with van der Waals surface area (Å²) in [7, 11) is 0. The lowest BCUT2D eigenvalue weighted by Crippen LogP contribution is -2.46. The fourth-order valence-corrected chi connectivity index (χ4v) is 4.55. The Morgan fingerprint density at radius 1 is 1.06 bits per heavy atom. The van der Waals surface area contributed by atoms with Gasteiger partial charge in [0.25, 0.3) is 11.5 Å². The van der Waals surface area contributed by atoms with E-state index < -0.39 is 0 Å². The summed E-state index contributed by atoms with van der Waals surface area (Å²) in [5, 5.41) is 2.90. The van der Waals surface area contributed by atoms with Gasteiger partial charge in [-0.2, -0.15) is 0 Å². The van der Waals surface area contributed by atoms with Crippen molar-refractivity contribution in [1.29, 1.82) is 0 Å². The number of H-pyrrole nitrogens is 1. The van der Waals surface area contributed by atoms with E-state index in [1.807, 2.05) is 31.3 Å². The summed E-state index contributed by atoms with van der Waals surface area (Å²) in [4.78, 5) is 36.4. The van der Waals surface area contributed by atoms with Crippen LogP contribution in [0.2, 0.25) is 0 Å². The van der Waals surface area contributed by atoms with Crippen molar-refractivity contribution in [2.24, 2.45) is 0 Å². The van der Waals surface area contributed by atoms with Gasteiger partial charge in [0.05, 0.1) is 11.0 Å². The average molecular weight is 418 g/mol. The molecule has 2 N–H and O–H groups in total. The minimum atomic E-state index is -0.0231. The number of hydrogen-bond donors (Lipinski definition) is 2. The maximum Gasteiger partial charge on any atom is 0.251 e. The largest absolute Gasteiger partial charge is 0.369 e. The van der Waals surface area contributed by atoms with Gasteiger partial charge in [0.1, 0.15) is 0 Å². The second-order valence-electron chi connectivity index (χ2n) is 8.36. The number of fused-ring (bicyclic) bond motifs is 2. The minimum absolute atomic E-state index is 0.0231. The SMILES string of the molecule is CCc1cc2ncc(CN3CCN(c4ccc5c(c4)CCNC5=O)CC3)cc2[nH]c1=O.